The molecule has 0 heterocycles. The molecule has 0 radical (unpaired) electrons. The summed E-state index contributed by atoms with van der Waals surface area (Å²) in [6.07, 6.45) is 1.26. The van der Waals surface area contributed by atoms with Crippen LogP contribution in [0, 0.1) is 0 Å². The van der Waals surface area contributed by atoms with Gasteiger partial charge in [0.1, 0.15) is 5.54 Å². The van der Waals surface area contributed by atoms with Crippen LogP contribution in [0.2, 0.25) is 0 Å². The van der Waals surface area contributed by atoms with E-state index in [-0.39, 0.29) is 12.0 Å². The van der Waals surface area contributed by atoms with Gasteiger partial charge in [0.05, 0.1) is 6.10 Å². The van der Waals surface area contributed by atoms with Crippen molar-refractivity contribution in [2.45, 2.75) is 37.3 Å². The summed E-state index contributed by atoms with van der Waals surface area (Å²) in [6, 6.07) is 0. The van der Waals surface area contributed by atoms with Crippen LogP contribution in [-0.2, 0) is 9.53 Å². The van der Waals surface area contributed by atoms with E-state index < -0.39 is 11.6 Å². The Morgan fingerprint density at radius 3 is 2.31 bits per heavy atom. The molecule has 1 fully saturated rings. The van der Waals surface area contributed by atoms with Crippen molar-refractivity contribution in [1.82, 2.24) is 10.6 Å². The van der Waals surface area contributed by atoms with Crippen LogP contribution < -0.4 is 10.6 Å². The van der Waals surface area contributed by atoms with Crippen molar-refractivity contribution >= 4 is 12.0 Å². The fraction of sp³-hybridized carbons (Fsp3) is 0.800. The van der Waals surface area contributed by atoms with E-state index in [0.29, 0.717) is 25.7 Å². The van der Waals surface area contributed by atoms with Crippen LogP contribution in [0.5, 0.6) is 0 Å². The Labute approximate surface area is 94.3 Å². The Morgan fingerprint density at radius 2 is 1.94 bits per heavy atom. The molecule has 1 aliphatic rings. The van der Waals surface area contributed by atoms with E-state index in [1.165, 1.54) is 7.05 Å². The first kappa shape index (κ1) is 12.8. The van der Waals surface area contributed by atoms with Gasteiger partial charge in [0.25, 0.3) is 0 Å². The summed E-state index contributed by atoms with van der Waals surface area (Å²) in [6.45, 7) is 0. The maximum absolute atomic E-state index is 11.7. The Balaban J connectivity index is 2.74. The molecule has 0 saturated heterocycles. The van der Waals surface area contributed by atoms with Gasteiger partial charge in [-0.15, -0.1) is 0 Å². The summed E-state index contributed by atoms with van der Waals surface area (Å²) in [5.74, 6) is -0.274. The third-order valence-corrected chi connectivity index (χ3v) is 3.13. The van der Waals surface area contributed by atoms with E-state index in [0.717, 1.165) is 0 Å². The fourth-order valence-electron chi connectivity index (χ4n) is 2.17. The largest absolute Gasteiger partial charge is 0.465 e. The number of amides is 2. The maximum Gasteiger partial charge on any atom is 0.405 e. The highest BCUT2D eigenvalue weighted by atomic mass is 16.5. The van der Waals surface area contributed by atoms with Crippen molar-refractivity contribution in [2.24, 2.45) is 0 Å². The lowest BCUT2D eigenvalue weighted by Gasteiger charge is -2.37. The lowest BCUT2D eigenvalue weighted by atomic mass is 9.79. The predicted octanol–water partition coefficient (Wildman–Crippen LogP) is 0.328. The third-order valence-electron chi connectivity index (χ3n) is 3.13. The average molecular weight is 230 g/mol. The van der Waals surface area contributed by atoms with E-state index in [2.05, 4.69) is 10.6 Å². The molecule has 1 saturated carbocycles. The molecular formula is C10H18N2O4. The molecule has 6 heteroatoms. The number of likely N-dealkylation sites (N-methyl/N-ethyl adjacent to an activating group) is 1. The zero-order valence-electron chi connectivity index (χ0n) is 9.58. The summed E-state index contributed by atoms with van der Waals surface area (Å²) in [4.78, 5) is 22.5. The number of ether oxygens (including phenoxy) is 1. The average Bonchev–Trinajstić information content (AvgIpc) is 2.28. The van der Waals surface area contributed by atoms with Crippen molar-refractivity contribution in [3.8, 4) is 0 Å². The second-order valence-electron chi connectivity index (χ2n) is 4.03. The van der Waals surface area contributed by atoms with Gasteiger partial charge in [-0.1, -0.05) is 0 Å². The standard InChI is InChI=1S/C10H18N2O4/c1-11-8(13)10(12-9(14)15)5-3-7(16-2)4-6-10/h7,12H,3-6H2,1-2H3,(H,11,13)(H,14,15)/t7-,10-. The third kappa shape index (κ3) is 2.63. The number of hydrogen-bond acceptors (Lipinski definition) is 3. The lowest BCUT2D eigenvalue weighted by Crippen LogP contribution is -2.60. The van der Waals surface area contributed by atoms with Crippen molar-refractivity contribution < 1.29 is 19.4 Å². The minimum Gasteiger partial charge on any atom is -0.465 e. The van der Waals surface area contributed by atoms with E-state index in [1.54, 1.807) is 7.11 Å². The first-order chi connectivity index (χ1) is 7.54. The Morgan fingerprint density at radius 1 is 1.38 bits per heavy atom. The normalized spacial score (nSPS) is 29.5. The molecule has 1 aliphatic carbocycles. The van der Waals surface area contributed by atoms with Gasteiger partial charge in [-0.3, -0.25) is 4.79 Å². The Kier molecular flexibility index (Phi) is 4.12. The number of carboxylic acid groups (broad SMARTS) is 1. The van der Waals surface area contributed by atoms with Gasteiger partial charge in [-0.05, 0) is 25.7 Å². The second kappa shape index (κ2) is 5.16. The Hall–Kier alpha value is -1.30. The van der Waals surface area contributed by atoms with Crippen LogP contribution >= 0.6 is 0 Å². The van der Waals surface area contributed by atoms with E-state index in [1.807, 2.05) is 0 Å². The topological polar surface area (TPSA) is 87.7 Å². The predicted molar refractivity (Wildman–Crippen MR) is 57.2 cm³/mol. The van der Waals surface area contributed by atoms with Gasteiger partial charge in [0.15, 0.2) is 0 Å². The first-order valence-electron chi connectivity index (χ1n) is 5.30. The van der Waals surface area contributed by atoms with Crippen LogP contribution in [0.25, 0.3) is 0 Å². The summed E-state index contributed by atoms with van der Waals surface area (Å²) in [7, 11) is 3.14. The van der Waals surface area contributed by atoms with E-state index in [9.17, 15) is 9.59 Å². The number of rotatable bonds is 3. The number of nitrogens with one attached hydrogen (secondary N) is 2. The SMILES string of the molecule is CNC(=O)[C@]1(NC(=O)O)CC[C@H](OC)CC1. The molecule has 0 aromatic rings. The highest BCUT2D eigenvalue weighted by Crippen LogP contribution is 2.30. The van der Waals surface area contributed by atoms with Gasteiger partial charge in [-0.2, -0.15) is 0 Å². The molecule has 2 amide bonds. The summed E-state index contributed by atoms with van der Waals surface area (Å²) in [5.41, 5.74) is -0.990. The summed E-state index contributed by atoms with van der Waals surface area (Å²) < 4.78 is 5.20. The molecule has 3 N–H and O–H groups in total. The van der Waals surface area contributed by atoms with Gasteiger partial charge in [-0.25, -0.2) is 4.79 Å². The molecule has 1 rings (SSSR count). The molecule has 92 valence electrons. The number of carbonyl (C=O) groups excluding carboxylic acids is 1. The number of methoxy groups -OCH3 is 1. The minimum atomic E-state index is -1.17. The van der Waals surface area contributed by atoms with Gasteiger partial charge < -0.3 is 20.5 Å². The van der Waals surface area contributed by atoms with Crippen LogP contribution in [0.4, 0.5) is 4.79 Å². The lowest BCUT2D eigenvalue weighted by molar-refractivity contribution is -0.129. The quantitative estimate of drug-likeness (QED) is 0.652. The van der Waals surface area contributed by atoms with Gasteiger partial charge in [0, 0.05) is 14.2 Å². The van der Waals surface area contributed by atoms with Crippen molar-refractivity contribution in [2.75, 3.05) is 14.2 Å². The smallest absolute Gasteiger partial charge is 0.405 e. The minimum absolute atomic E-state index is 0.119. The molecule has 6 nitrogen and oxygen atoms in total. The zero-order chi connectivity index (χ0) is 12.2. The molecule has 0 atom stereocenters. The monoisotopic (exact) mass is 230 g/mol. The van der Waals surface area contributed by atoms with E-state index >= 15 is 0 Å². The molecule has 0 aliphatic heterocycles. The highest BCUT2D eigenvalue weighted by molar-refractivity contribution is 5.89. The van der Waals surface area contributed by atoms with Crippen LogP contribution in [0.3, 0.4) is 0 Å². The summed E-state index contributed by atoms with van der Waals surface area (Å²) in [5, 5.41) is 13.6. The number of carbonyl (C=O) groups is 2. The molecule has 0 bridgehead atoms. The highest BCUT2D eigenvalue weighted by Gasteiger charge is 2.42. The molecule has 0 aromatic carbocycles. The molecule has 0 aromatic heterocycles. The maximum atomic E-state index is 11.7. The van der Waals surface area contributed by atoms with E-state index in [4.69, 9.17) is 9.84 Å². The zero-order valence-corrected chi connectivity index (χ0v) is 9.58. The molecule has 16 heavy (non-hydrogen) atoms. The van der Waals surface area contributed by atoms with Gasteiger partial charge >= 0.3 is 6.09 Å². The molecular weight excluding hydrogens is 212 g/mol. The van der Waals surface area contributed by atoms with Crippen molar-refractivity contribution in [3.05, 3.63) is 0 Å². The first-order valence-corrected chi connectivity index (χ1v) is 5.30. The van der Waals surface area contributed by atoms with Crippen molar-refractivity contribution in [3.63, 3.8) is 0 Å². The summed E-state index contributed by atoms with van der Waals surface area (Å²) >= 11 is 0. The molecule has 0 spiro atoms. The Bertz CT molecular complexity index is 272. The van der Waals surface area contributed by atoms with Crippen molar-refractivity contribution in [1.29, 1.82) is 0 Å². The second-order valence-corrected chi connectivity index (χ2v) is 4.03. The molecule has 0 unspecified atom stereocenters. The van der Waals surface area contributed by atoms with Gasteiger partial charge in [0.2, 0.25) is 5.91 Å². The fourth-order valence-corrected chi connectivity index (χ4v) is 2.17. The number of hydrogen-bond donors (Lipinski definition) is 3. The van der Waals surface area contributed by atoms with Crippen LogP contribution in [0.1, 0.15) is 25.7 Å². The van der Waals surface area contributed by atoms with Crippen LogP contribution in [-0.4, -0.2) is 42.9 Å². The van der Waals surface area contributed by atoms with Crippen LogP contribution in [0.15, 0.2) is 0 Å².